The van der Waals surface area contributed by atoms with Crippen LogP contribution in [0, 0.1) is 12.7 Å². The number of halogens is 1. The van der Waals surface area contributed by atoms with Gasteiger partial charge in [0.2, 0.25) is 0 Å². The van der Waals surface area contributed by atoms with E-state index in [4.69, 9.17) is 5.73 Å². The molecule has 0 unspecified atom stereocenters. The highest BCUT2D eigenvalue weighted by atomic mass is 32.2. The van der Waals surface area contributed by atoms with Crippen molar-refractivity contribution < 1.29 is 4.39 Å². The number of rotatable bonds is 4. The third-order valence-corrected chi connectivity index (χ3v) is 3.41. The summed E-state index contributed by atoms with van der Waals surface area (Å²) in [5, 5.41) is 0.658. The second-order valence-electron chi connectivity index (χ2n) is 3.94. The van der Waals surface area contributed by atoms with Crippen LogP contribution in [0.3, 0.4) is 0 Å². The van der Waals surface area contributed by atoms with Gasteiger partial charge in [-0.2, -0.15) is 0 Å². The molecule has 0 saturated carbocycles. The van der Waals surface area contributed by atoms with Crippen LogP contribution in [0.5, 0.6) is 0 Å². The van der Waals surface area contributed by atoms with Gasteiger partial charge in [0.1, 0.15) is 5.82 Å². The van der Waals surface area contributed by atoms with Crippen molar-refractivity contribution >= 4 is 11.8 Å². The van der Waals surface area contributed by atoms with Crippen LogP contribution >= 0.6 is 11.8 Å². The Balaban J connectivity index is 2.25. The zero-order valence-electron chi connectivity index (χ0n) is 10.1. The number of hydrogen-bond acceptors (Lipinski definition) is 4. The van der Waals surface area contributed by atoms with Gasteiger partial charge in [0.15, 0.2) is 5.16 Å². The van der Waals surface area contributed by atoms with Crippen molar-refractivity contribution in [1.29, 1.82) is 0 Å². The van der Waals surface area contributed by atoms with Gasteiger partial charge in [0.25, 0.3) is 0 Å². The molecular formula is C13H14FN3S. The van der Waals surface area contributed by atoms with Gasteiger partial charge in [-0.3, -0.25) is 0 Å². The molecule has 0 aliphatic heterocycles. The van der Waals surface area contributed by atoms with Gasteiger partial charge in [-0.1, -0.05) is 0 Å². The summed E-state index contributed by atoms with van der Waals surface area (Å²) in [6.45, 7) is 2.43. The monoisotopic (exact) mass is 263 g/mol. The average molecular weight is 263 g/mol. The van der Waals surface area contributed by atoms with E-state index in [1.165, 1.54) is 23.9 Å². The lowest BCUT2D eigenvalue weighted by atomic mass is 10.1. The Bertz CT molecular complexity index is 528. The van der Waals surface area contributed by atoms with Crippen LogP contribution in [0.25, 0.3) is 0 Å². The topological polar surface area (TPSA) is 51.8 Å². The molecule has 0 saturated heterocycles. The molecule has 3 nitrogen and oxygen atoms in total. The lowest BCUT2D eigenvalue weighted by Crippen LogP contribution is -2.04. The smallest absolute Gasteiger partial charge is 0.192 e. The van der Waals surface area contributed by atoms with Crippen molar-refractivity contribution in [3.63, 3.8) is 0 Å². The Morgan fingerprint density at radius 3 is 2.67 bits per heavy atom. The molecule has 0 atom stereocenters. The second-order valence-corrected chi connectivity index (χ2v) is 4.94. The first-order chi connectivity index (χ1) is 8.69. The molecule has 0 radical (unpaired) electrons. The van der Waals surface area contributed by atoms with E-state index in [9.17, 15) is 4.39 Å². The first-order valence-corrected chi connectivity index (χ1v) is 6.45. The molecule has 0 amide bonds. The molecule has 0 aliphatic rings. The number of nitrogens with zero attached hydrogens (tertiary/aromatic N) is 2. The summed E-state index contributed by atoms with van der Waals surface area (Å²) < 4.78 is 13.2. The van der Waals surface area contributed by atoms with Crippen LogP contribution in [0.1, 0.15) is 11.1 Å². The van der Waals surface area contributed by atoms with E-state index in [0.29, 0.717) is 18.1 Å². The largest absolute Gasteiger partial charge is 0.330 e. The van der Waals surface area contributed by atoms with E-state index in [0.717, 1.165) is 16.0 Å². The molecule has 1 aromatic carbocycles. The van der Waals surface area contributed by atoms with Gasteiger partial charge < -0.3 is 5.73 Å². The Hall–Kier alpha value is -1.46. The maximum Gasteiger partial charge on any atom is 0.192 e. The molecule has 0 bridgehead atoms. The minimum absolute atomic E-state index is 0.243. The number of hydrogen-bond donors (Lipinski definition) is 1. The summed E-state index contributed by atoms with van der Waals surface area (Å²) in [4.78, 5) is 9.40. The molecule has 2 rings (SSSR count). The standard InChI is InChI=1S/C13H14FN3S/c1-9-7-16-13(17-8-9)18-12-3-2-11(14)6-10(12)4-5-15/h2-3,6-8H,4-5,15H2,1H3. The highest BCUT2D eigenvalue weighted by molar-refractivity contribution is 7.99. The third-order valence-electron chi connectivity index (χ3n) is 2.39. The van der Waals surface area contributed by atoms with Crippen LogP contribution in [0.2, 0.25) is 0 Å². The van der Waals surface area contributed by atoms with Crippen molar-refractivity contribution in [3.05, 3.63) is 47.5 Å². The number of benzene rings is 1. The first-order valence-electron chi connectivity index (χ1n) is 5.64. The molecule has 2 N–H and O–H groups in total. The van der Waals surface area contributed by atoms with E-state index in [1.54, 1.807) is 18.5 Å². The van der Waals surface area contributed by atoms with Crippen LogP contribution in [0.15, 0.2) is 40.6 Å². The van der Waals surface area contributed by atoms with Gasteiger partial charge in [0, 0.05) is 17.3 Å². The van der Waals surface area contributed by atoms with Gasteiger partial charge >= 0.3 is 0 Å². The van der Waals surface area contributed by atoms with E-state index in [-0.39, 0.29) is 5.82 Å². The average Bonchev–Trinajstić information content (AvgIpc) is 2.36. The molecule has 0 fully saturated rings. The maximum absolute atomic E-state index is 13.2. The predicted octanol–water partition coefficient (Wildman–Crippen LogP) is 2.58. The van der Waals surface area contributed by atoms with E-state index in [2.05, 4.69) is 9.97 Å². The minimum Gasteiger partial charge on any atom is -0.330 e. The van der Waals surface area contributed by atoms with Crippen molar-refractivity contribution in [2.24, 2.45) is 5.73 Å². The van der Waals surface area contributed by atoms with Crippen molar-refractivity contribution in [2.45, 2.75) is 23.4 Å². The molecule has 2 aromatic rings. The van der Waals surface area contributed by atoms with Crippen molar-refractivity contribution in [1.82, 2.24) is 9.97 Å². The summed E-state index contributed by atoms with van der Waals surface area (Å²) in [6, 6.07) is 4.70. The summed E-state index contributed by atoms with van der Waals surface area (Å²) in [6.07, 6.45) is 4.18. The van der Waals surface area contributed by atoms with Gasteiger partial charge in [-0.25, -0.2) is 14.4 Å². The Morgan fingerprint density at radius 2 is 2.00 bits per heavy atom. The highest BCUT2D eigenvalue weighted by Gasteiger charge is 2.07. The fourth-order valence-corrected chi connectivity index (χ4v) is 2.37. The Morgan fingerprint density at radius 1 is 1.28 bits per heavy atom. The van der Waals surface area contributed by atoms with Crippen molar-refractivity contribution in [2.75, 3.05) is 6.54 Å². The third kappa shape index (κ3) is 3.27. The highest BCUT2D eigenvalue weighted by Crippen LogP contribution is 2.28. The fourth-order valence-electron chi connectivity index (χ4n) is 1.53. The van der Waals surface area contributed by atoms with E-state index < -0.39 is 0 Å². The zero-order valence-corrected chi connectivity index (χ0v) is 10.9. The van der Waals surface area contributed by atoms with Crippen molar-refractivity contribution in [3.8, 4) is 0 Å². The molecule has 5 heteroatoms. The van der Waals surface area contributed by atoms with Crippen LogP contribution in [-0.4, -0.2) is 16.5 Å². The van der Waals surface area contributed by atoms with E-state index in [1.807, 2.05) is 6.92 Å². The lowest BCUT2D eigenvalue weighted by Gasteiger charge is -2.07. The lowest BCUT2D eigenvalue weighted by molar-refractivity contribution is 0.623. The molecule has 94 valence electrons. The van der Waals surface area contributed by atoms with Gasteiger partial charge in [0.05, 0.1) is 0 Å². The minimum atomic E-state index is -0.243. The normalized spacial score (nSPS) is 10.6. The summed E-state index contributed by atoms with van der Waals surface area (Å²) in [5.74, 6) is -0.243. The molecule has 1 aromatic heterocycles. The second kappa shape index (κ2) is 5.93. The van der Waals surface area contributed by atoms with Crippen LogP contribution < -0.4 is 5.73 Å². The summed E-state index contributed by atoms with van der Waals surface area (Å²) in [5.41, 5.74) is 7.44. The summed E-state index contributed by atoms with van der Waals surface area (Å²) in [7, 11) is 0. The Labute approximate surface area is 110 Å². The van der Waals surface area contributed by atoms with Crippen LogP contribution in [0.4, 0.5) is 4.39 Å². The number of aryl methyl sites for hydroxylation is 1. The molecule has 0 aliphatic carbocycles. The maximum atomic E-state index is 13.2. The molecular weight excluding hydrogens is 249 g/mol. The fraction of sp³-hybridized carbons (Fsp3) is 0.231. The van der Waals surface area contributed by atoms with Gasteiger partial charge in [-0.05, 0) is 61.0 Å². The van der Waals surface area contributed by atoms with Gasteiger partial charge in [-0.15, -0.1) is 0 Å². The van der Waals surface area contributed by atoms with Crippen LogP contribution in [-0.2, 0) is 6.42 Å². The first kappa shape index (κ1) is 13.0. The number of aromatic nitrogens is 2. The quantitative estimate of drug-likeness (QED) is 0.861. The molecule has 0 spiro atoms. The molecule has 18 heavy (non-hydrogen) atoms. The Kier molecular flexibility index (Phi) is 4.28. The molecule has 1 heterocycles. The van der Waals surface area contributed by atoms with E-state index >= 15 is 0 Å². The summed E-state index contributed by atoms with van der Waals surface area (Å²) >= 11 is 1.43. The SMILES string of the molecule is Cc1cnc(Sc2ccc(F)cc2CCN)nc1. The zero-order chi connectivity index (χ0) is 13.0. The number of nitrogens with two attached hydrogens (primary N) is 1. The predicted molar refractivity (Wildman–Crippen MR) is 70.1 cm³/mol.